The number of ether oxygens (including phenoxy) is 1. The summed E-state index contributed by atoms with van der Waals surface area (Å²) < 4.78 is 11.1. The van der Waals surface area contributed by atoms with E-state index >= 15 is 0 Å². The Balaban J connectivity index is 1.52. The molecule has 1 amide bonds. The van der Waals surface area contributed by atoms with Crippen LogP contribution in [-0.2, 0) is 4.79 Å². The first-order chi connectivity index (χ1) is 12.6. The fraction of sp³-hybridized carbons (Fsp3) is 0.238. The number of carbonyl (C=O) groups excluding carboxylic acids is 1. The van der Waals surface area contributed by atoms with Crippen molar-refractivity contribution in [2.45, 2.75) is 25.7 Å². The lowest BCUT2D eigenvalue weighted by molar-refractivity contribution is -0.111. The van der Waals surface area contributed by atoms with Crippen LogP contribution in [0.1, 0.15) is 37.1 Å². The summed E-state index contributed by atoms with van der Waals surface area (Å²) in [6.07, 6.45) is 3.85. The summed E-state index contributed by atoms with van der Waals surface area (Å²) in [5.74, 6) is 1.81. The van der Waals surface area contributed by atoms with Gasteiger partial charge in [-0.1, -0.05) is 18.2 Å². The van der Waals surface area contributed by atoms with Gasteiger partial charge in [0.1, 0.15) is 11.3 Å². The van der Waals surface area contributed by atoms with Gasteiger partial charge in [-0.2, -0.15) is 0 Å². The van der Waals surface area contributed by atoms with E-state index in [1.54, 1.807) is 13.2 Å². The lowest BCUT2D eigenvalue weighted by atomic mass is 10.1. The summed E-state index contributed by atoms with van der Waals surface area (Å²) in [6, 6.07) is 13.1. The van der Waals surface area contributed by atoms with Crippen molar-refractivity contribution in [2.24, 2.45) is 0 Å². The van der Waals surface area contributed by atoms with Crippen LogP contribution in [0.3, 0.4) is 0 Å². The minimum Gasteiger partial charge on any atom is -0.496 e. The average molecular weight is 348 g/mol. The predicted molar refractivity (Wildman–Crippen MR) is 101 cm³/mol. The summed E-state index contributed by atoms with van der Waals surface area (Å²) in [7, 11) is 1.62. The molecule has 5 nitrogen and oxygen atoms in total. The lowest BCUT2D eigenvalue weighted by Gasteiger charge is -2.08. The van der Waals surface area contributed by atoms with Gasteiger partial charge in [0.15, 0.2) is 11.5 Å². The molecule has 0 aliphatic heterocycles. The van der Waals surface area contributed by atoms with Crippen molar-refractivity contribution in [3.05, 3.63) is 60.0 Å². The minimum absolute atomic E-state index is 0.196. The maximum atomic E-state index is 12.4. The topological polar surface area (TPSA) is 64.4 Å². The highest BCUT2D eigenvalue weighted by Gasteiger charge is 2.28. The van der Waals surface area contributed by atoms with E-state index in [9.17, 15) is 4.79 Å². The summed E-state index contributed by atoms with van der Waals surface area (Å²) in [4.78, 5) is 16.9. The Morgan fingerprint density at radius 1 is 1.27 bits per heavy atom. The molecule has 0 unspecified atom stereocenters. The third-order valence-corrected chi connectivity index (χ3v) is 4.48. The number of nitrogens with one attached hydrogen (secondary N) is 1. The second-order valence-electron chi connectivity index (χ2n) is 6.53. The number of methoxy groups -OCH3 is 1. The number of benzene rings is 2. The van der Waals surface area contributed by atoms with Crippen LogP contribution in [0.5, 0.6) is 5.75 Å². The number of hydrogen-bond acceptors (Lipinski definition) is 4. The molecule has 26 heavy (non-hydrogen) atoms. The van der Waals surface area contributed by atoms with Crippen LogP contribution >= 0.6 is 0 Å². The summed E-state index contributed by atoms with van der Waals surface area (Å²) in [6.45, 7) is 1.89. The number of rotatable bonds is 5. The molecular formula is C21H20N2O3. The molecular weight excluding hydrogens is 328 g/mol. The van der Waals surface area contributed by atoms with Crippen molar-refractivity contribution in [3.63, 3.8) is 0 Å². The fourth-order valence-electron chi connectivity index (χ4n) is 2.95. The van der Waals surface area contributed by atoms with Gasteiger partial charge in [0.05, 0.1) is 7.11 Å². The van der Waals surface area contributed by atoms with Crippen molar-refractivity contribution < 1.29 is 13.9 Å². The van der Waals surface area contributed by atoms with Gasteiger partial charge in [-0.05, 0) is 49.6 Å². The average Bonchev–Trinajstić information content (AvgIpc) is 3.41. The zero-order valence-corrected chi connectivity index (χ0v) is 14.8. The van der Waals surface area contributed by atoms with Crippen LogP contribution in [0.15, 0.2) is 53.0 Å². The summed E-state index contributed by atoms with van der Waals surface area (Å²) in [5.41, 5.74) is 3.95. The molecule has 5 heteroatoms. The van der Waals surface area contributed by atoms with Crippen LogP contribution in [0.2, 0.25) is 0 Å². The Morgan fingerprint density at radius 3 is 2.85 bits per heavy atom. The highest BCUT2D eigenvalue weighted by atomic mass is 16.5. The molecule has 0 bridgehead atoms. The monoisotopic (exact) mass is 348 g/mol. The highest BCUT2D eigenvalue weighted by Crippen LogP contribution is 2.40. The molecule has 0 saturated heterocycles. The first-order valence-electron chi connectivity index (χ1n) is 8.67. The van der Waals surface area contributed by atoms with E-state index in [4.69, 9.17) is 9.15 Å². The van der Waals surface area contributed by atoms with Gasteiger partial charge >= 0.3 is 0 Å². The van der Waals surface area contributed by atoms with Crippen LogP contribution in [0.4, 0.5) is 5.69 Å². The summed E-state index contributed by atoms with van der Waals surface area (Å²) >= 11 is 0. The highest BCUT2D eigenvalue weighted by molar-refractivity contribution is 6.04. The van der Waals surface area contributed by atoms with Gasteiger partial charge < -0.3 is 14.5 Å². The molecule has 3 aromatic rings. The van der Waals surface area contributed by atoms with Gasteiger partial charge in [-0.3, -0.25) is 4.79 Å². The van der Waals surface area contributed by atoms with E-state index in [0.29, 0.717) is 11.6 Å². The number of nitrogens with zero attached hydrogens (tertiary/aromatic N) is 1. The van der Waals surface area contributed by atoms with E-state index in [0.717, 1.165) is 46.7 Å². The minimum atomic E-state index is -0.196. The van der Waals surface area contributed by atoms with E-state index in [1.165, 1.54) is 0 Å². The SMILES string of the molecule is COc1ccccc1C(C)=CC(=O)Nc1ccc2oc(C3CC3)nc2c1. The zero-order chi connectivity index (χ0) is 18.1. The number of allylic oxidation sites excluding steroid dienone is 1. The van der Waals surface area contributed by atoms with Gasteiger partial charge in [-0.25, -0.2) is 4.98 Å². The second-order valence-corrected chi connectivity index (χ2v) is 6.53. The number of anilines is 1. The van der Waals surface area contributed by atoms with Gasteiger partial charge in [-0.15, -0.1) is 0 Å². The predicted octanol–water partition coefficient (Wildman–Crippen LogP) is 4.76. The molecule has 1 saturated carbocycles. The van der Waals surface area contributed by atoms with Crippen molar-refractivity contribution in [1.82, 2.24) is 4.98 Å². The quantitative estimate of drug-likeness (QED) is 0.676. The third-order valence-electron chi connectivity index (χ3n) is 4.48. The van der Waals surface area contributed by atoms with Crippen molar-refractivity contribution >= 4 is 28.3 Å². The zero-order valence-electron chi connectivity index (χ0n) is 14.8. The molecule has 132 valence electrons. The molecule has 0 atom stereocenters. The molecule has 2 aromatic carbocycles. The van der Waals surface area contributed by atoms with Crippen LogP contribution < -0.4 is 10.1 Å². The number of fused-ring (bicyclic) bond motifs is 1. The number of para-hydroxylation sites is 1. The number of aromatic nitrogens is 1. The molecule has 1 aliphatic carbocycles. The number of carbonyl (C=O) groups is 1. The maximum absolute atomic E-state index is 12.4. The smallest absolute Gasteiger partial charge is 0.248 e. The van der Waals surface area contributed by atoms with Crippen LogP contribution in [0.25, 0.3) is 16.7 Å². The molecule has 1 aromatic heterocycles. The molecule has 0 radical (unpaired) electrons. The Bertz CT molecular complexity index is 999. The third kappa shape index (κ3) is 3.33. The van der Waals surface area contributed by atoms with E-state index in [2.05, 4.69) is 10.3 Å². The Kier molecular flexibility index (Phi) is 4.21. The molecule has 4 rings (SSSR count). The van der Waals surface area contributed by atoms with Gasteiger partial charge in [0.25, 0.3) is 0 Å². The van der Waals surface area contributed by atoms with Crippen LogP contribution in [0, 0.1) is 0 Å². The first-order valence-corrected chi connectivity index (χ1v) is 8.67. The molecule has 1 N–H and O–H groups in total. The Hall–Kier alpha value is -3.08. The maximum Gasteiger partial charge on any atom is 0.248 e. The number of hydrogen-bond donors (Lipinski definition) is 1. The Labute approximate surface area is 151 Å². The first kappa shape index (κ1) is 16.4. The fourth-order valence-corrected chi connectivity index (χ4v) is 2.95. The van der Waals surface area contributed by atoms with Crippen LogP contribution in [-0.4, -0.2) is 18.0 Å². The second kappa shape index (κ2) is 6.67. The molecule has 1 fully saturated rings. The van der Waals surface area contributed by atoms with Gasteiger partial charge in [0.2, 0.25) is 5.91 Å². The molecule has 1 aliphatic rings. The Morgan fingerprint density at radius 2 is 2.08 bits per heavy atom. The van der Waals surface area contributed by atoms with Crippen molar-refractivity contribution in [1.29, 1.82) is 0 Å². The number of oxazole rings is 1. The standard InChI is InChI=1S/C21H20N2O3/c1-13(16-5-3-4-6-18(16)25-2)11-20(24)22-15-9-10-19-17(12-15)23-21(26-19)14-7-8-14/h3-6,9-12,14H,7-8H2,1-2H3,(H,22,24). The van der Waals surface area contributed by atoms with E-state index in [1.807, 2.05) is 49.4 Å². The van der Waals surface area contributed by atoms with Gasteiger partial charge in [0, 0.05) is 23.2 Å². The van der Waals surface area contributed by atoms with Crippen molar-refractivity contribution in [3.8, 4) is 5.75 Å². The molecule has 1 heterocycles. The van der Waals surface area contributed by atoms with E-state index in [-0.39, 0.29) is 5.91 Å². The van der Waals surface area contributed by atoms with E-state index < -0.39 is 0 Å². The largest absolute Gasteiger partial charge is 0.496 e. The number of amides is 1. The summed E-state index contributed by atoms with van der Waals surface area (Å²) in [5, 5.41) is 2.89. The molecule has 0 spiro atoms. The van der Waals surface area contributed by atoms with Crippen molar-refractivity contribution in [2.75, 3.05) is 12.4 Å². The lowest BCUT2D eigenvalue weighted by Crippen LogP contribution is -2.08. The normalized spacial score (nSPS) is 14.5.